The third kappa shape index (κ3) is 4.44. The highest BCUT2D eigenvalue weighted by molar-refractivity contribution is 9.10. The second kappa shape index (κ2) is 9.54. The van der Waals surface area contributed by atoms with Crippen LogP contribution in [-0.4, -0.2) is 47.4 Å². The molecule has 152 valence electrons. The smallest absolute Gasteiger partial charge is 0.204 e. The van der Waals surface area contributed by atoms with Crippen LogP contribution >= 0.6 is 15.9 Å². The average Bonchev–Trinajstić information content (AvgIpc) is 2.72. The van der Waals surface area contributed by atoms with Crippen LogP contribution in [0.3, 0.4) is 0 Å². The van der Waals surface area contributed by atoms with Crippen LogP contribution < -0.4 is 28.4 Å². The number of methoxy groups -OCH3 is 5. The number of hydrogen-bond acceptors (Lipinski definition) is 7. The molecule has 28 heavy (non-hydrogen) atoms. The zero-order chi connectivity index (χ0) is 20.8. The highest BCUT2D eigenvalue weighted by atomic mass is 79.9. The largest absolute Gasteiger partial charge is 0.493 e. The number of hydrogen-bond donors (Lipinski definition) is 0. The SMILES string of the molecule is COc1cc(C(=O)C(C)Oc2c(OC)cc(Br)cc2OC)cc(OC)c1OC. The van der Waals surface area contributed by atoms with Crippen molar-refractivity contribution in [1.82, 2.24) is 0 Å². The van der Waals surface area contributed by atoms with Crippen LogP contribution in [0.1, 0.15) is 17.3 Å². The highest BCUT2D eigenvalue weighted by Crippen LogP contribution is 2.42. The molecule has 0 saturated heterocycles. The van der Waals surface area contributed by atoms with Crippen LogP contribution in [0.15, 0.2) is 28.7 Å². The topological polar surface area (TPSA) is 72.5 Å². The number of halogens is 1. The maximum absolute atomic E-state index is 13.0. The summed E-state index contributed by atoms with van der Waals surface area (Å²) in [7, 11) is 7.51. The Bertz CT molecular complexity index is 800. The molecule has 7 nitrogen and oxygen atoms in total. The number of benzene rings is 2. The fourth-order valence-corrected chi connectivity index (χ4v) is 3.07. The normalized spacial score (nSPS) is 11.4. The quantitative estimate of drug-likeness (QED) is 0.527. The van der Waals surface area contributed by atoms with Crippen molar-refractivity contribution in [2.24, 2.45) is 0 Å². The zero-order valence-electron chi connectivity index (χ0n) is 16.6. The third-order valence-electron chi connectivity index (χ3n) is 4.04. The van der Waals surface area contributed by atoms with E-state index >= 15 is 0 Å². The Morgan fingerprint density at radius 2 is 1.18 bits per heavy atom. The minimum atomic E-state index is -0.827. The van der Waals surface area contributed by atoms with Crippen LogP contribution in [0, 0.1) is 0 Å². The van der Waals surface area contributed by atoms with E-state index in [1.54, 1.807) is 31.2 Å². The number of carbonyl (C=O) groups excluding carboxylic acids is 1. The summed E-state index contributed by atoms with van der Waals surface area (Å²) in [5, 5.41) is 0. The summed E-state index contributed by atoms with van der Waals surface area (Å²) in [6.45, 7) is 1.65. The van der Waals surface area contributed by atoms with E-state index in [0.29, 0.717) is 40.1 Å². The summed E-state index contributed by atoms with van der Waals surface area (Å²) in [5.41, 5.74) is 0.358. The number of Topliss-reactive ketones (excluding diaryl/α,β-unsaturated/α-hetero) is 1. The van der Waals surface area contributed by atoms with Crippen molar-refractivity contribution in [3.63, 3.8) is 0 Å². The molecule has 0 aliphatic heterocycles. The van der Waals surface area contributed by atoms with Crippen molar-refractivity contribution in [3.8, 4) is 34.5 Å². The van der Waals surface area contributed by atoms with Gasteiger partial charge in [0.2, 0.25) is 17.3 Å². The second-order valence-corrected chi connectivity index (χ2v) is 6.59. The third-order valence-corrected chi connectivity index (χ3v) is 4.50. The van der Waals surface area contributed by atoms with E-state index in [1.807, 2.05) is 0 Å². The first-order valence-electron chi connectivity index (χ1n) is 8.32. The van der Waals surface area contributed by atoms with E-state index in [-0.39, 0.29) is 5.78 Å². The van der Waals surface area contributed by atoms with Crippen molar-refractivity contribution < 1.29 is 33.2 Å². The van der Waals surface area contributed by atoms with Gasteiger partial charge in [0.25, 0.3) is 0 Å². The van der Waals surface area contributed by atoms with Crippen molar-refractivity contribution in [3.05, 3.63) is 34.3 Å². The van der Waals surface area contributed by atoms with Crippen LogP contribution in [0.5, 0.6) is 34.5 Å². The number of ether oxygens (including phenoxy) is 6. The molecule has 0 amide bonds. The summed E-state index contributed by atoms with van der Waals surface area (Å²) in [6.07, 6.45) is -0.827. The minimum absolute atomic E-state index is 0.272. The molecule has 0 aromatic heterocycles. The predicted molar refractivity (Wildman–Crippen MR) is 108 cm³/mol. The van der Waals surface area contributed by atoms with Gasteiger partial charge in [0, 0.05) is 10.0 Å². The van der Waals surface area contributed by atoms with Crippen LogP contribution in [0.4, 0.5) is 0 Å². The Morgan fingerprint density at radius 3 is 1.57 bits per heavy atom. The van der Waals surface area contributed by atoms with Crippen molar-refractivity contribution in [2.75, 3.05) is 35.5 Å². The Hall–Kier alpha value is -2.61. The van der Waals surface area contributed by atoms with Gasteiger partial charge < -0.3 is 28.4 Å². The molecule has 2 aromatic rings. The van der Waals surface area contributed by atoms with Gasteiger partial charge in [0.15, 0.2) is 29.1 Å². The maximum Gasteiger partial charge on any atom is 0.204 e. The van der Waals surface area contributed by atoms with E-state index < -0.39 is 6.10 Å². The molecule has 8 heteroatoms. The Morgan fingerprint density at radius 1 is 0.750 bits per heavy atom. The molecule has 0 fully saturated rings. The minimum Gasteiger partial charge on any atom is -0.493 e. The lowest BCUT2D eigenvalue weighted by molar-refractivity contribution is 0.0808. The van der Waals surface area contributed by atoms with Gasteiger partial charge in [-0.3, -0.25) is 4.79 Å². The second-order valence-electron chi connectivity index (χ2n) is 5.68. The molecule has 0 spiro atoms. The summed E-state index contributed by atoms with van der Waals surface area (Å²) >= 11 is 3.38. The predicted octanol–water partition coefficient (Wildman–Crippen LogP) is 4.14. The average molecular weight is 455 g/mol. The lowest BCUT2D eigenvalue weighted by atomic mass is 10.1. The summed E-state index contributed by atoms with van der Waals surface area (Å²) in [4.78, 5) is 13.0. The van der Waals surface area contributed by atoms with E-state index in [4.69, 9.17) is 28.4 Å². The van der Waals surface area contributed by atoms with E-state index in [2.05, 4.69) is 15.9 Å². The summed E-state index contributed by atoms with van der Waals surface area (Å²) in [5.74, 6) is 2.12. The monoisotopic (exact) mass is 454 g/mol. The number of carbonyl (C=O) groups is 1. The highest BCUT2D eigenvalue weighted by Gasteiger charge is 2.24. The first-order valence-corrected chi connectivity index (χ1v) is 9.11. The molecule has 0 heterocycles. The van der Waals surface area contributed by atoms with Crippen molar-refractivity contribution in [2.45, 2.75) is 13.0 Å². The van der Waals surface area contributed by atoms with Gasteiger partial charge in [0.1, 0.15) is 0 Å². The van der Waals surface area contributed by atoms with Gasteiger partial charge in [-0.25, -0.2) is 0 Å². The molecule has 0 bridgehead atoms. The molecule has 0 aliphatic carbocycles. The molecule has 0 radical (unpaired) electrons. The van der Waals surface area contributed by atoms with E-state index in [0.717, 1.165) is 4.47 Å². The maximum atomic E-state index is 13.0. The molecule has 0 N–H and O–H groups in total. The molecular formula is C20H23BrO7. The van der Waals surface area contributed by atoms with Crippen molar-refractivity contribution in [1.29, 1.82) is 0 Å². The first-order chi connectivity index (χ1) is 13.4. The Kier molecular flexibility index (Phi) is 7.39. The molecule has 2 aromatic carbocycles. The van der Waals surface area contributed by atoms with Crippen LogP contribution in [0.2, 0.25) is 0 Å². The Balaban J connectivity index is 2.39. The van der Waals surface area contributed by atoms with Crippen molar-refractivity contribution >= 4 is 21.7 Å². The van der Waals surface area contributed by atoms with Crippen LogP contribution in [-0.2, 0) is 0 Å². The molecular weight excluding hydrogens is 432 g/mol. The molecule has 1 unspecified atom stereocenters. The number of rotatable bonds is 9. The fraction of sp³-hybridized carbons (Fsp3) is 0.350. The lowest BCUT2D eigenvalue weighted by Gasteiger charge is -2.20. The van der Waals surface area contributed by atoms with Crippen LogP contribution in [0.25, 0.3) is 0 Å². The van der Waals surface area contributed by atoms with Gasteiger partial charge in [-0.2, -0.15) is 0 Å². The molecule has 1 atom stereocenters. The summed E-state index contributed by atoms with van der Waals surface area (Å²) in [6, 6.07) is 6.63. The lowest BCUT2D eigenvalue weighted by Crippen LogP contribution is -2.24. The van der Waals surface area contributed by atoms with Gasteiger partial charge in [0.05, 0.1) is 35.5 Å². The first kappa shape index (κ1) is 21.7. The fourth-order valence-electron chi connectivity index (χ4n) is 2.65. The molecule has 0 saturated carbocycles. The molecule has 0 aliphatic rings. The zero-order valence-corrected chi connectivity index (χ0v) is 18.2. The number of ketones is 1. The van der Waals surface area contributed by atoms with Gasteiger partial charge in [-0.05, 0) is 31.2 Å². The van der Waals surface area contributed by atoms with E-state index in [1.165, 1.54) is 35.5 Å². The van der Waals surface area contributed by atoms with Gasteiger partial charge in [-0.1, -0.05) is 15.9 Å². The standard InChI is InChI=1S/C20H23BrO7/c1-11(28-20-16(25-4)9-13(21)10-17(20)26-5)18(22)12-7-14(23-2)19(27-6)15(8-12)24-3/h7-11H,1-6H3. The van der Waals surface area contributed by atoms with E-state index in [9.17, 15) is 4.79 Å². The summed E-state index contributed by atoms with van der Waals surface area (Å²) < 4.78 is 33.3. The van der Waals surface area contributed by atoms with Gasteiger partial charge in [-0.15, -0.1) is 0 Å². The van der Waals surface area contributed by atoms with Gasteiger partial charge >= 0.3 is 0 Å². The molecule has 2 rings (SSSR count). The Labute approximate surface area is 172 Å².